The molecule has 1 fully saturated rings. The van der Waals surface area contributed by atoms with Crippen LogP contribution in [0, 0.1) is 10.8 Å². The van der Waals surface area contributed by atoms with Crippen molar-refractivity contribution in [1.29, 1.82) is 0 Å². The molecule has 1 aliphatic carbocycles. The molecule has 14 heavy (non-hydrogen) atoms. The second-order valence-electron chi connectivity index (χ2n) is 6.04. The number of aliphatic hydroxyl groups is 1. The summed E-state index contributed by atoms with van der Waals surface area (Å²) in [6.07, 6.45) is 7.44. The molecule has 0 saturated heterocycles. The van der Waals surface area contributed by atoms with Crippen molar-refractivity contribution in [1.82, 2.24) is 0 Å². The monoisotopic (exact) mass is 198 g/mol. The van der Waals surface area contributed by atoms with Gasteiger partial charge < -0.3 is 5.11 Å². The highest BCUT2D eigenvalue weighted by atomic mass is 16.3. The van der Waals surface area contributed by atoms with Gasteiger partial charge in [-0.3, -0.25) is 0 Å². The van der Waals surface area contributed by atoms with E-state index in [1.54, 1.807) is 0 Å². The van der Waals surface area contributed by atoms with Gasteiger partial charge in [0.25, 0.3) is 0 Å². The maximum Gasteiger partial charge on any atom is 0.0512 e. The first-order chi connectivity index (χ1) is 6.37. The molecule has 0 amide bonds. The lowest BCUT2D eigenvalue weighted by molar-refractivity contribution is 0.105. The summed E-state index contributed by atoms with van der Waals surface area (Å²) in [5, 5.41) is 9.24. The van der Waals surface area contributed by atoms with E-state index in [9.17, 15) is 5.11 Å². The van der Waals surface area contributed by atoms with Crippen molar-refractivity contribution in [3.05, 3.63) is 0 Å². The van der Waals surface area contributed by atoms with E-state index >= 15 is 0 Å². The third-order valence-corrected chi connectivity index (χ3v) is 4.51. The van der Waals surface area contributed by atoms with Gasteiger partial charge in [-0.15, -0.1) is 0 Å². The largest absolute Gasteiger partial charge is 0.393 e. The van der Waals surface area contributed by atoms with Gasteiger partial charge in [-0.1, -0.05) is 33.6 Å². The molecule has 0 aliphatic heterocycles. The molecule has 0 aromatic carbocycles. The zero-order chi connectivity index (χ0) is 10.8. The highest BCUT2D eigenvalue weighted by Gasteiger charge is 2.44. The Balaban J connectivity index is 2.42. The lowest BCUT2D eigenvalue weighted by Crippen LogP contribution is -2.29. The fourth-order valence-electron chi connectivity index (χ4n) is 2.81. The highest BCUT2D eigenvalue weighted by Crippen LogP contribution is 2.54. The van der Waals surface area contributed by atoms with E-state index in [0.717, 1.165) is 6.42 Å². The first-order valence-electron chi connectivity index (χ1n) is 6.05. The standard InChI is InChI=1S/C13H26O/c1-11(14)7-5-9-13(4)10-6-8-12(13,2)3/h11,14H,5-10H2,1-4H3. The van der Waals surface area contributed by atoms with Crippen molar-refractivity contribution in [2.45, 2.75) is 72.3 Å². The van der Waals surface area contributed by atoms with Crippen LogP contribution < -0.4 is 0 Å². The smallest absolute Gasteiger partial charge is 0.0512 e. The van der Waals surface area contributed by atoms with E-state index < -0.39 is 0 Å². The molecule has 84 valence electrons. The van der Waals surface area contributed by atoms with Gasteiger partial charge in [0.15, 0.2) is 0 Å². The average Bonchev–Trinajstić information content (AvgIpc) is 2.26. The molecule has 1 rings (SSSR count). The quantitative estimate of drug-likeness (QED) is 0.729. The molecule has 0 radical (unpaired) electrons. The van der Waals surface area contributed by atoms with Crippen molar-refractivity contribution in [2.75, 3.05) is 0 Å². The Hall–Kier alpha value is -0.0400. The van der Waals surface area contributed by atoms with Gasteiger partial charge in [-0.25, -0.2) is 0 Å². The van der Waals surface area contributed by atoms with Gasteiger partial charge >= 0.3 is 0 Å². The third kappa shape index (κ3) is 2.50. The molecule has 1 nitrogen and oxygen atoms in total. The predicted molar refractivity (Wildman–Crippen MR) is 61.3 cm³/mol. The Morgan fingerprint density at radius 1 is 1.21 bits per heavy atom. The zero-order valence-electron chi connectivity index (χ0n) is 10.3. The minimum atomic E-state index is -0.122. The summed E-state index contributed by atoms with van der Waals surface area (Å²) < 4.78 is 0. The molecule has 2 atom stereocenters. The van der Waals surface area contributed by atoms with Crippen LogP contribution in [0.1, 0.15) is 66.2 Å². The van der Waals surface area contributed by atoms with E-state index in [1.165, 1.54) is 32.1 Å². The predicted octanol–water partition coefficient (Wildman–Crippen LogP) is 3.75. The van der Waals surface area contributed by atoms with E-state index in [4.69, 9.17) is 0 Å². The van der Waals surface area contributed by atoms with E-state index in [-0.39, 0.29) is 6.10 Å². The molecule has 0 heterocycles. The maximum absolute atomic E-state index is 9.24. The van der Waals surface area contributed by atoms with Crippen LogP contribution in [-0.4, -0.2) is 11.2 Å². The summed E-state index contributed by atoms with van der Waals surface area (Å²) in [4.78, 5) is 0. The summed E-state index contributed by atoms with van der Waals surface area (Å²) in [6, 6.07) is 0. The molecule has 0 aromatic heterocycles. The van der Waals surface area contributed by atoms with E-state index in [0.29, 0.717) is 10.8 Å². The lowest BCUT2D eigenvalue weighted by Gasteiger charge is -2.39. The summed E-state index contributed by atoms with van der Waals surface area (Å²) >= 11 is 0. The van der Waals surface area contributed by atoms with Gasteiger partial charge in [0.2, 0.25) is 0 Å². The molecule has 0 bridgehead atoms. The number of hydrogen-bond donors (Lipinski definition) is 1. The van der Waals surface area contributed by atoms with E-state index in [2.05, 4.69) is 20.8 Å². The Labute approximate surface area is 88.9 Å². The first-order valence-corrected chi connectivity index (χ1v) is 6.05. The fourth-order valence-corrected chi connectivity index (χ4v) is 2.81. The maximum atomic E-state index is 9.24. The summed E-state index contributed by atoms with van der Waals surface area (Å²) in [5.41, 5.74) is 1.02. The second kappa shape index (κ2) is 4.22. The van der Waals surface area contributed by atoms with Crippen LogP contribution in [0.5, 0.6) is 0 Å². The summed E-state index contributed by atoms with van der Waals surface area (Å²) in [7, 11) is 0. The molecule has 1 N–H and O–H groups in total. The molecule has 0 aromatic rings. The van der Waals surface area contributed by atoms with Crippen molar-refractivity contribution in [3.8, 4) is 0 Å². The van der Waals surface area contributed by atoms with Crippen LogP contribution >= 0.6 is 0 Å². The molecular formula is C13H26O. The first kappa shape index (κ1) is 12.0. The average molecular weight is 198 g/mol. The van der Waals surface area contributed by atoms with Crippen LogP contribution in [0.15, 0.2) is 0 Å². The third-order valence-electron chi connectivity index (χ3n) is 4.51. The van der Waals surface area contributed by atoms with Crippen LogP contribution in [0.25, 0.3) is 0 Å². The van der Waals surface area contributed by atoms with Crippen LogP contribution in [-0.2, 0) is 0 Å². The molecule has 2 unspecified atom stereocenters. The van der Waals surface area contributed by atoms with Crippen molar-refractivity contribution in [2.24, 2.45) is 10.8 Å². The highest BCUT2D eigenvalue weighted by molar-refractivity contribution is 4.94. The van der Waals surface area contributed by atoms with Gasteiger partial charge in [0.1, 0.15) is 0 Å². The van der Waals surface area contributed by atoms with Crippen LogP contribution in [0.3, 0.4) is 0 Å². The lowest BCUT2D eigenvalue weighted by atomic mass is 9.67. The van der Waals surface area contributed by atoms with Gasteiger partial charge in [-0.2, -0.15) is 0 Å². The van der Waals surface area contributed by atoms with Gasteiger partial charge in [-0.05, 0) is 43.4 Å². The minimum Gasteiger partial charge on any atom is -0.393 e. The number of aliphatic hydroxyl groups excluding tert-OH is 1. The zero-order valence-corrected chi connectivity index (χ0v) is 10.3. The Morgan fingerprint density at radius 3 is 2.29 bits per heavy atom. The summed E-state index contributed by atoms with van der Waals surface area (Å²) in [5.74, 6) is 0. The minimum absolute atomic E-state index is 0.122. The van der Waals surface area contributed by atoms with Crippen LogP contribution in [0.2, 0.25) is 0 Å². The second-order valence-corrected chi connectivity index (χ2v) is 6.04. The van der Waals surface area contributed by atoms with Crippen molar-refractivity contribution >= 4 is 0 Å². The van der Waals surface area contributed by atoms with E-state index in [1.807, 2.05) is 6.92 Å². The normalized spacial score (nSPS) is 33.2. The fraction of sp³-hybridized carbons (Fsp3) is 1.00. The van der Waals surface area contributed by atoms with Crippen molar-refractivity contribution in [3.63, 3.8) is 0 Å². The van der Waals surface area contributed by atoms with Gasteiger partial charge in [0, 0.05) is 0 Å². The SMILES string of the molecule is CC(O)CCCC1(C)CCCC1(C)C. The molecule has 1 heteroatoms. The molecule has 1 aliphatic rings. The Morgan fingerprint density at radius 2 is 1.86 bits per heavy atom. The number of rotatable bonds is 4. The summed E-state index contributed by atoms with van der Waals surface area (Å²) in [6.45, 7) is 9.13. The molecular weight excluding hydrogens is 172 g/mol. The topological polar surface area (TPSA) is 20.2 Å². The Kier molecular flexibility index (Phi) is 3.63. The van der Waals surface area contributed by atoms with Crippen molar-refractivity contribution < 1.29 is 5.11 Å². The van der Waals surface area contributed by atoms with Gasteiger partial charge in [0.05, 0.1) is 6.10 Å². The Bertz CT molecular complexity index is 184. The molecule has 1 saturated carbocycles. The number of hydrogen-bond acceptors (Lipinski definition) is 1. The van der Waals surface area contributed by atoms with Crippen LogP contribution in [0.4, 0.5) is 0 Å². The molecule has 0 spiro atoms.